The number of benzene rings is 5. The summed E-state index contributed by atoms with van der Waals surface area (Å²) in [5.41, 5.74) is 8.13. The van der Waals surface area contributed by atoms with Crippen LogP contribution in [-0.2, 0) is 24.7 Å². The van der Waals surface area contributed by atoms with Gasteiger partial charge in [-0.1, -0.05) is 119 Å². The van der Waals surface area contributed by atoms with E-state index in [0.29, 0.717) is 0 Å². The van der Waals surface area contributed by atoms with Gasteiger partial charge >= 0.3 is 0 Å². The number of aryl methyl sites for hydroxylation is 3. The van der Waals surface area contributed by atoms with Crippen LogP contribution in [0.25, 0.3) is 22.4 Å². The third-order valence-electron chi connectivity index (χ3n) is 7.00. The molecule has 0 saturated carbocycles. The van der Waals surface area contributed by atoms with Crippen LogP contribution in [0.2, 0.25) is 0 Å². The van der Waals surface area contributed by atoms with Gasteiger partial charge in [0.1, 0.15) is 7.14 Å². The molecule has 0 unspecified atom stereocenters. The minimum Gasteiger partial charge on any atom is -0.311 e. The van der Waals surface area contributed by atoms with Crippen LogP contribution in [-0.4, -0.2) is 4.98 Å². The summed E-state index contributed by atoms with van der Waals surface area (Å²) >= 11 is 0. The second-order valence-corrected chi connectivity index (χ2v) is 12.7. The van der Waals surface area contributed by atoms with Gasteiger partial charge in [0.15, 0.2) is 0 Å². The molecule has 0 bridgehead atoms. The summed E-state index contributed by atoms with van der Waals surface area (Å²) in [4.78, 5) is 4.50. The predicted molar refractivity (Wildman–Crippen MR) is 173 cm³/mol. The van der Waals surface area contributed by atoms with Crippen molar-refractivity contribution in [2.24, 2.45) is 0 Å². The number of hydrogen-bond donors (Lipinski definition) is 0. The van der Waals surface area contributed by atoms with Crippen LogP contribution in [0.5, 0.6) is 0 Å². The second kappa shape index (κ2) is 14.3. The van der Waals surface area contributed by atoms with Crippen LogP contribution < -0.4 is 15.9 Å². The van der Waals surface area contributed by atoms with Crippen LogP contribution in [0.15, 0.2) is 140 Å². The molecule has 2 nitrogen and oxygen atoms in total. The first-order chi connectivity index (χ1) is 20.0. The molecule has 1 radical (unpaired) electrons. The molecule has 0 aliphatic heterocycles. The number of hydrogen-bond acceptors (Lipinski definition) is 2. The van der Waals surface area contributed by atoms with Crippen molar-refractivity contribution in [1.82, 2.24) is 4.98 Å². The summed E-state index contributed by atoms with van der Waals surface area (Å²) in [7, 11) is -2.83. The molecule has 6 aromatic rings. The molecule has 211 valence electrons. The van der Waals surface area contributed by atoms with Gasteiger partial charge in [-0.25, -0.2) is 0 Å². The Labute approximate surface area is 263 Å². The van der Waals surface area contributed by atoms with Gasteiger partial charge in [-0.05, 0) is 26.3 Å². The molecule has 0 fully saturated rings. The van der Waals surface area contributed by atoms with E-state index >= 15 is 0 Å². The van der Waals surface area contributed by atoms with Crippen LogP contribution in [0.4, 0.5) is 0 Å². The van der Waals surface area contributed by atoms with Crippen molar-refractivity contribution in [1.29, 1.82) is 0 Å². The molecule has 0 aliphatic carbocycles. The van der Waals surface area contributed by atoms with Crippen LogP contribution >= 0.6 is 7.14 Å². The maximum atomic E-state index is 13.8. The van der Waals surface area contributed by atoms with Crippen molar-refractivity contribution in [3.8, 4) is 22.4 Å². The van der Waals surface area contributed by atoms with Gasteiger partial charge in [-0.3, -0.25) is 4.98 Å². The van der Waals surface area contributed by atoms with Crippen LogP contribution in [0.1, 0.15) is 16.7 Å². The molecule has 5 aromatic carbocycles. The Bertz CT molecular complexity index is 1650. The first-order valence-electron chi connectivity index (χ1n) is 13.7. The SMILES string of the molecule is Cc1ccc(-c2[c-]c(-c3c(C)cccc3C)ccc2)nc1.O=P(c1[c-]cccc1)(c1ccccc1)c1ccccc1.[Ir]. The largest absolute Gasteiger partial charge is 0.311 e. The maximum Gasteiger partial charge on any atom is 0.147 e. The van der Waals surface area contributed by atoms with Gasteiger partial charge in [-0.2, -0.15) is 30.3 Å². The van der Waals surface area contributed by atoms with Crippen molar-refractivity contribution in [2.45, 2.75) is 20.8 Å². The summed E-state index contributed by atoms with van der Waals surface area (Å²) < 4.78 is 13.8. The molecule has 1 aromatic heterocycles. The first-order valence-corrected chi connectivity index (χ1v) is 15.4. The topological polar surface area (TPSA) is 30.0 Å². The summed E-state index contributed by atoms with van der Waals surface area (Å²) in [6.07, 6.45) is 1.90. The van der Waals surface area contributed by atoms with E-state index < -0.39 is 7.14 Å². The minimum atomic E-state index is -2.83. The number of aromatic nitrogens is 1. The Morgan fingerprint density at radius 1 is 0.595 bits per heavy atom. The summed E-state index contributed by atoms with van der Waals surface area (Å²) in [5, 5.41) is 2.43. The number of rotatable bonds is 5. The molecule has 0 atom stereocenters. The average molecular weight is 742 g/mol. The molecular weight excluding hydrogens is 710 g/mol. The van der Waals surface area contributed by atoms with Gasteiger partial charge < -0.3 is 4.57 Å². The Hall–Kier alpha value is -3.87. The fourth-order valence-electron chi connectivity index (χ4n) is 4.91. The van der Waals surface area contributed by atoms with E-state index in [4.69, 9.17) is 0 Å². The Kier molecular flexibility index (Phi) is 10.6. The molecule has 0 saturated heterocycles. The Morgan fingerprint density at radius 3 is 1.71 bits per heavy atom. The molecule has 0 aliphatic rings. The van der Waals surface area contributed by atoms with Gasteiger partial charge in [0.05, 0.1) is 0 Å². The zero-order valence-electron chi connectivity index (χ0n) is 23.9. The van der Waals surface area contributed by atoms with E-state index in [1.54, 1.807) is 0 Å². The van der Waals surface area contributed by atoms with Crippen molar-refractivity contribution >= 4 is 23.1 Å². The molecule has 1 heterocycles. The Morgan fingerprint density at radius 2 is 1.17 bits per heavy atom. The monoisotopic (exact) mass is 742 g/mol. The van der Waals surface area contributed by atoms with E-state index in [0.717, 1.165) is 32.7 Å². The third-order valence-corrected chi connectivity index (χ3v) is 10.0. The summed E-state index contributed by atoms with van der Waals surface area (Å²) in [6, 6.07) is 50.2. The van der Waals surface area contributed by atoms with Gasteiger partial charge in [-0.15, -0.1) is 29.8 Å². The standard InChI is InChI=1S/C20H18N.C18H14OP.Ir/c1-14-10-11-19(21-13-14)17-8-5-9-18(12-17)20-15(2)6-4-7-16(20)3;19-20(16-10-4-1-5-11-16,17-12-6-2-7-13-17)18-14-8-3-9-15-18;/h4-11,13H,1-3H3;1-14H;/q2*-1;. The zero-order valence-corrected chi connectivity index (χ0v) is 27.2. The zero-order chi connectivity index (χ0) is 28.7. The second-order valence-electron chi connectivity index (χ2n) is 9.99. The van der Waals surface area contributed by atoms with Crippen LogP contribution in [0, 0.1) is 32.9 Å². The van der Waals surface area contributed by atoms with E-state index in [1.165, 1.54) is 22.3 Å². The van der Waals surface area contributed by atoms with E-state index in [1.807, 2.05) is 98.0 Å². The molecule has 0 N–H and O–H groups in total. The number of nitrogens with zero attached hydrogens (tertiary/aromatic N) is 1. The van der Waals surface area contributed by atoms with E-state index in [-0.39, 0.29) is 20.1 Å². The molecule has 6 rings (SSSR count). The third kappa shape index (κ3) is 6.94. The van der Waals surface area contributed by atoms with Crippen molar-refractivity contribution in [3.63, 3.8) is 0 Å². The quantitative estimate of drug-likeness (QED) is 0.132. The van der Waals surface area contributed by atoms with Crippen molar-refractivity contribution < 1.29 is 24.7 Å². The van der Waals surface area contributed by atoms with Crippen molar-refractivity contribution in [2.75, 3.05) is 0 Å². The average Bonchev–Trinajstić information content (AvgIpc) is 3.03. The van der Waals surface area contributed by atoms with Crippen molar-refractivity contribution in [3.05, 3.63) is 168 Å². The van der Waals surface area contributed by atoms with Gasteiger partial charge in [0, 0.05) is 42.6 Å². The van der Waals surface area contributed by atoms with Crippen LogP contribution in [0.3, 0.4) is 0 Å². The molecule has 0 spiro atoms. The normalized spacial score (nSPS) is 10.6. The van der Waals surface area contributed by atoms with E-state index in [9.17, 15) is 4.57 Å². The molecular formula is C38H32IrNOP-2. The van der Waals surface area contributed by atoms with Gasteiger partial charge in [0.25, 0.3) is 0 Å². The fraction of sp³-hybridized carbons (Fsp3) is 0.0789. The summed E-state index contributed by atoms with van der Waals surface area (Å²) in [5.74, 6) is 0. The van der Waals surface area contributed by atoms with E-state index in [2.05, 4.69) is 79.5 Å². The number of pyridine rings is 1. The molecule has 0 amide bonds. The fourth-order valence-corrected chi connectivity index (χ4v) is 7.50. The smallest absolute Gasteiger partial charge is 0.147 e. The predicted octanol–water partition coefficient (Wildman–Crippen LogP) is 8.26. The van der Waals surface area contributed by atoms with Gasteiger partial charge in [0.2, 0.25) is 0 Å². The minimum absolute atomic E-state index is 0. The molecule has 4 heteroatoms. The summed E-state index contributed by atoms with van der Waals surface area (Å²) in [6.45, 7) is 6.34. The Balaban J connectivity index is 0.000000189. The first kappa shape index (κ1) is 31.1. The maximum absolute atomic E-state index is 13.8. The molecule has 42 heavy (non-hydrogen) atoms.